The number of hydrogen-bond acceptors (Lipinski definition) is 4. The zero-order valence-electron chi connectivity index (χ0n) is 12.2. The van der Waals surface area contributed by atoms with Crippen LogP contribution in [0, 0.1) is 5.92 Å². The topological polar surface area (TPSA) is 71.2 Å². The molecular formula is C14H24Cl2N4O. The lowest BCUT2D eigenvalue weighted by Crippen LogP contribution is -2.47. The lowest BCUT2D eigenvalue weighted by molar-refractivity contribution is -0.125. The second-order valence-electron chi connectivity index (χ2n) is 5.09. The summed E-state index contributed by atoms with van der Waals surface area (Å²) in [5.74, 6) is 0.982. The second-order valence-corrected chi connectivity index (χ2v) is 5.09. The Morgan fingerprint density at radius 1 is 1.43 bits per heavy atom. The largest absolute Gasteiger partial charge is 0.356 e. The van der Waals surface area contributed by atoms with E-state index in [1.807, 2.05) is 31.3 Å². The Labute approximate surface area is 138 Å². The second kappa shape index (κ2) is 9.82. The van der Waals surface area contributed by atoms with Crippen molar-refractivity contribution in [2.75, 3.05) is 24.5 Å². The highest BCUT2D eigenvalue weighted by atomic mass is 35.5. The van der Waals surface area contributed by atoms with Crippen LogP contribution in [-0.4, -0.2) is 36.6 Å². The number of rotatable bonds is 4. The zero-order chi connectivity index (χ0) is 13.7. The predicted molar refractivity (Wildman–Crippen MR) is 90.3 cm³/mol. The summed E-state index contributed by atoms with van der Waals surface area (Å²) in [6.45, 7) is 4.12. The molecule has 3 N–H and O–H groups in total. The maximum Gasteiger partial charge on any atom is 0.224 e. The van der Waals surface area contributed by atoms with E-state index in [1.165, 1.54) is 0 Å². The van der Waals surface area contributed by atoms with Crippen molar-refractivity contribution in [2.45, 2.75) is 25.8 Å². The van der Waals surface area contributed by atoms with E-state index in [2.05, 4.69) is 15.2 Å². The summed E-state index contributed by atoms with van der Waals surface area (Å²) in [7, 11) is 0. The summed E-state index contributed by atoms with van der Waals surface area (Å²) in [6.07, 6.45) is 3.73. The number of aromatic nitrogens is 1. The minimum absolute atomic E-state index is 0. The molecule has 0 radical (unpaired) electrons. The van der Waals surface area contributed by atoms with Gasteiger partial charge in [-0.2, -0.15) is 0 Å². The van der Waals surface area contributed by atoms with Gasteiger partial charge in [0.2, 0.25) is 5.91 Å². The first-order valence-corrected chi connectivity index (χ1v) is 6.87. The average Bonchev–Trinajstić information content (AvgIpc) is 2.48. The van der Waals surface area contributed by atoms with Gasteiger partial charge in [0.05, 0.1) is 0 Å². The molecule has 0 aromatic carbocycles. The van der Waals surface area contributed by atoms with Crippen LogP contribution in [0.1, 0.15) is 19.8 Å². The molecule has 1 unspecified atom stereocenters. The van der Waals surface area contributed by atoms with Crippen LogP contribution in [0.5, 0.6) is 0 Å². The minimum Gasteiger partial charge on any atom is -0.356 e. The van der Waals surface area contributed by atoms with Gasteiger partial charge in [-0.25, -0.2) is 4.98 Å². The van der Waals surface area contributed by atoms with Gasteiger partial charge in [0, 0.05) is 37.8 Å². The first kappa shape index (κ1) is 20.0. The normalized spacial score (nSPS) is 16.4. The van der Waals surface area contributed by atoms with Crippen molar-refractivity contribution in [1.82, 2.24) is 10.3 Å². The Morgan fingerprint density at radius 2 is 2.10 bits per heavy atom. The number of pyridine rings is 1. The highest BCUT2D eigenvalue weighted by Crippen LogP contribution is 2.17. The van der Waals surface area contributed by atoms with E-state index in [9.17, 15) is 4.79 Å². The Kier molecular flexibility index (Phi) is 9.33. The molecule has 1 saturated heterocycles. The van der Waals surface area contributed by atoms with Gasteiger partial charge in [-0.3, -0.25) is 4.79 Å². The molecule has 1 amide bonds. The molecular weight excluding hydrogens is 311 g/mol. The van der Waals surface area contributed by atoms with Crippen LogP contribution in [-0.2, 0) is 4.79 Å². The third kappa shape index (κ3) is 5.69. The molecule has 0 spiro atoms. The summed E-state index contributed by atoms with van der Waals surface area (Å²) in [6, 6.07) is 6.21. The number of amides is 1. The van der Waals surface area contributed by atoms with E-state index >= 15 is 0 Å². The van der Waals surface area contributed by atoms with E-state index in [1.54, 1.807) is 0 Å². The lowest BCUT2D eigenvalue weighted by Gasteiger charge is -2.33. The first-order valence-electron chi connectivity index (χ1n) is 6.87. The highest BCUT2D eigenvalue weighted by molar-refractivity contribution is 5.85. The van der Waals surface area contributed by atoms with Crippen LogP contribution in [0.15, 0.2) is 24.4 Å². The van der Waals surface area contributed by atoms with Crippen LogP contribution in [0.25, 0.3) is 0 Å². The van der Waals surface area contributed by atoms with Gasteiger partial charge in [0.25, 0.3) is 0 Å². The Hall–Kier alpha value is -1.04. The van der Waals surface area contributed by atoms with Gasteiger partial charge in [-0.1, -0.05) is 13.0 Å². The van der Waals surface area contributed by atoms with Crippen LogP contribution in [0.4, 0.5) is 5.82 Å². The van der Waals surface area contributed by atoms with Crippen molar-refractivity contribution >= 4 is 36.5 Å². The van der Waals surface area contributed by atoms with Crippen molar-refractivity contribution in [1.29, 1.82) is 0 Å². The summed E-state index contributed by atoms with van der Waals surface area (Å²) in [5.41, 5.74) is 5.50. The van der Waals surface area contributed by atoms with Gasteiger partial charge in [0.15, 0.2) is 0 Å². The highest BCUT2D eigenvalue weighted by Gasteiger charge is 2.22. The first-order chi connectivity index (χ1) is 9.20. The third-order valence-corrected chi connectivity index (χ3v) is 3.62. The van der Waals surface area contributed by atoms with E-state index in [4.69, 9.17) is 5.73 Å². The average molecular weight is 335 g/mol. The van der Waals surface area contributed by atoms with Gasteiger partial charge in [-0.05, 0) is 25.0 Å². The molecule has 1 aliphatic heterocycles. The Balaban J connectivity index is 0.00000200. The quantitative estimate of drug-likeness (QED) is 0.877. The summed E-state index contributed by atoms with van der Waals surface area (Å²) in [5, 5.41) is 3.08. The molecule has 21 heavy (non-hydrogen) atoms. The molecule has 1 aromatic heterocycles. The van der Waals surface area contributed by atoms with E-state index in [0.29, 0.717) is 6.54 Å². The molecule has 7 heteroatoms. The minimum atomic E-state index is -0.103. The molecule has 5 nitrogen and oxygen atoms in total. The molecule has 0 saturated carbocycles. The van der Waals surface area contributed by atoms with Crippen molar-refractivity contribution in [3.05, 3.63) is 24.4 Å². The maximum absolute atomic E-state index is 11.8. The molecule has 2 heterocycles. The van der Waals surface area contributed by atoms with E-state index in [0.717, 1.165) is 31.7 Å². The fourth-order valence-corrected chi connectivity index (χ4v) is 2.24. The van der Waals surface area contributed by atoms with Gasteiger partial charge < -0.3 is 16.0 Å². The standard InChI is InChI=1S/C14H22N4O.2ClH/c1-11(10-15)14(19)17-12-5-8-18(9-6-12)13-4-2-3-7-16-13;;/h2-4,7,11-12H,5-6,8-10,15H2,1H3,(H,17,19);2*1H. The van der Waals surface area contributed by atoms with E-state index < -0.39 is 0 Å². The van der Waals surface area contributed by atoms with Crippen LogP contribution >= 0.6 is 24.8 Å². The van der Waals surface area contributed by atoms with Crippen molar-refractivity contribution in [3.8, 4) is 0 Å². The predicted octanol–water partition coefficient (Wildman–Crippen LogP) is 1.61. The molecule has 1 aliphatic rings. The smallest absolute Gasteiger partial charge is 0.224 e. The number of carbonyl (C=O) groups excluding carboxylic acids is 1. The fourth-order valence-electron chi connectivity index (χ4n) is 2.24. The number of piperidine rings is 1. The maximum atomic E-state index is 11.8. The monoisotopic (exact) mass is 334 g/mol. The molecule has 1 aromatic rings. The zero-order valence-corrected chi connectivity index (χ0v) is 13.8. The Bertz CT molecular complexity index is 411. The lowest BCUT2D eigenvalue weighted by atomic mass is 10.0. The molecule has 1 atom stereocenters. The summed E-state index contributed by atoms with van der Waals surface area (Å²) >= 11 is 0. The molecule has 2 rings (SSSR count). The van der Waals surface area contributed by atoms with Crippen molar-refractivity contribution in [3.63, 3.8) is 0 Å². The number of nitrogens with one attached hydrogen (secondary N) is 1. The molecule has 1 fully saturated rings. The fraction of sp³-hybridized carbons (Fsp3) is 0.571. The molecule has 0 aliphatic carbocycles. The number of nitrogens with zero attached hydrogens (tertiary/aromatic N) is 2. The number of anilines is 1. The van der Waals surface area contributed by atoms with Gasteiger partial charge in [-0.15, -0.1) is 24.8 Å². The van der Waals surface area contributed by atoms with Crippen LogP contribution in [0.2, 0.25) is 0 Å². The molecule has 120 valence electrons. The van der Waals surface area contributed by atoms with Gasteiger partial charge in [0.1, 0.15) is 5.82 Å². The van der Waals surface area contributed by atoms with Gasteiger partial charge >= 0.3 is 0 Å². The van der Waals surface area contributed by atoms with Crippen molar-refractivity contribution < 1.29 is 4.79 Å². The number of carbonyl (C=O) groups is 1. The summed E-state index contributed by atoms with van der Waals surface area (Å²) < 4.78 is 0. The van der Waals surface area contributed by atoms with Crippen molar-refractivity contribution in [2.24, 2.45) is 11.7 Å². The summed E-state index contributed by atoms with van der Waals surface area (Å²) in [4.78, 5) is 18.4. The number of nitrogens with two attached hydrogens (primary N) is 1. The Morgan fingerprint density at radius 3 is 2.62 bits per heavy atom. The number of halogens is 2. The SMILES string of the molecule is CC(CN)C(=O)NC1CCN(c2ccccn2)CC1.Cl.Cl. The van der Waals surface area contributed by atoms with E-state index in [-0.39, 0.29) is 42.7 Å². The number of hydrogen-bond donors (Lipinski definition) is 2. The van der Waals surface area contributed by atoms with Crippen LogP contribution in [0.3, 0.4) is 0 Å². The van der Waals surface area contributed by atoms with Crippen LogP contribution < -0.4 is 16.0 Å². The molecule has 0 bridgehead atoms. The third-order valence-electron chi connectivity index (χ3n) is 3.62.